The summed E-state index contributed by atoms with van der Waals surface area (Å²) in [5.74, 6) is -0.628. The van der Waals surface area contributed by atoms with Crippen molar-refractivity contribution in [1.82, 2.24) is 9.47 Å². The highest BCUT2D eigenvalue weighted by Crippen LogP contribution is 2.44. The second kappa shape index (κ2) is 10.3. The molecular weight excluding hydrogens is 500 g/mol. The molecule has 6 rings (SSSR count). The zero-order chi connectivity index (χ0) is 26.2. The number of carboxylic acid groups (broad SMARTS) is 1. The number of nitrogens with zero attached hydrogens (tertiary/aromatic N) is 2. The average molecular weight is 529 g/mol. The summed E-state index contributed by atoms with van der Waals surface area (Å²) in [5.41, 5.74) is 3.89. The Hall–Kier alpha value is -3.61. The first-order valence-corrected chi connectivity index (χ1v) is 13.5. The molecule has 0 spiro atoms. The minimum absolute atomic E-state index is 0.0252. The van der Waals surface area contributed by atoms with Gasteiger partial charge in [0.2, 0.25) is 5.91 Å². The first-order chi connectivity index (χ1) is 18.5. The Morgan fingerprint density at radius 3 is 2.53 bits per heavy atom. The van der Waals surface area contributed by atoms with Crippen LogP contribution in [0.3, 0.4) is 0 Å². The molecule has 1 amide bonds. The lowest BCUT2D eigenvalue weighted by Gasteiger charge is -2.32. The highest BCUT2D eigenvalue weighted by Gasteiger charge is 2.34. The Kier molecular flexibility index (Phi) is 6.68. The second-order valence-corrected chi connectivity index (χ2v) is 10.6. The number of amides is 1. The van der Waals surface area contributed by atoms with E-state index < -0.39 is 18.2 Å². The molecule has 3 aromatic carbocycles. The van der Waals surface area contributed by atoms with Gasteiger partial charge in [0, 0.05) is 36.3 Å². The van der Waals surface area contributed by atoms with Gasteiger partial charge in [-0.1, -0.05) is 54.1 Å². The van der Waals surface area contributed by atoms with E-state index in [1.165, 1.54) is 0 Å². The highest BCUT2D eigenvalue weighted by atomic mass is 35.5. The smallest absolute Gasteiger partial charge is 0.303 e. The molecule has 0 aliphatic carbocycles. The first kappa shape index (κ1) is 24.7. The lowest BCUT2D eigenvalue weighted by atomic mass is 9.93. The lowest BCUT2D eigenvalue weighted by Crippen LogP contribution is -2.39. The third-order valence-electron chi connectivity index (χ3n) is 7.84. The van der Waals surface area contributed by atoms with Crippen molar-refractivity contribution in [2.24, 2.45) is 5.92 Å². The molecule has 6 nitrogen and oxygen atoms in total. The van der Waals surface area contributed by atoms with Crippen LogP contribution in [0.25, 0.3) is 16.5 Å². The van der Waals surface area contributed by atoms with Crippen LogP contribution in [0.15, 0.2) is 79.0 Å². The van der Waals surface area contributed by atoms with Gasteiger partial charge in [-0.05, 0) is 65.4 Å². The van der Waals surface area contributed by atoms with Gasteiger partial charge in [0.1, 0.15) is 12.2 Å². The number of fused-ring (bicyclic) bond motifs is 4. The van der Waals surface area contributed by atoms with Crippen LogP contribution < -0.4 is 0 Å². The van der Waals surface area contributed by atoms with Gasteiger partial charge in [-0.15, -0.1) is 0 Å². The Bertz CT molecular complexity index is 1500. The molecule has 0 saturated carbocycles. The molecule has 0 unspecified atom stereocenters. The van der Waals surface area contributed by atoms with E-state index in [4.69, 9.17) is 21.4 Å². The molecule has 1 saturated heterocycles. The number of carboxylic acids is 1. The maximum atomic E-state index is 13.5. The summed E-state index contributed by atoms with van der Waals surface area (Å²) in [6.45, 7) is 1.15. The minimum Gasteiger partial charge on any atom is -0.481 e. The topological polar surface area (TPSA) is 71.8 Å². The molecule has 38 heavy (non-hydrogen) atoms. The van der Waals surface area contributed by atoms with Gasteiger partial charge in [0.15, 0.2) is 0 Å². The molecule has 7 heteroatoms. The summed E-state index contributed by atoms with van der Waals surface area (Å²) in [7, 11) is 0. The Balaban J connectivity index is 1.35. The number of piperidine rings is 1. The monoisotopic (exact) mass is 528 g/mol. The number of aliphatic carboxylic acids is 1. The van der Waals surface area contributed by atoms with Crippen molar-refractivity contribution in [2.75, 3.05) is 13.1 Å². The van der Waals surface area contributed by atoms with Gasteiger partial charge in [-0.3, -0.25) is 9.59 Å². The summed E-state index contributed by atoms with van der Waals surface area (Å²) >= 11 is 6.51. The summed E-state index contributed by atoms with van der Waals surface area (Å²) in [5, 5.41) is 12.0. The minimum atomic E-state index is -0.776. The van der Waals surface area contributed by atoms with E-state index in [9.17, 15) is 9.59 Å². The molecule has 3 heterocycles. The predicted octanol–water partition coefficient (Wildman–Crippen LogP) is 6.55. The quantitative estimate of drug-likeness (QED) is 0.319. The number of carbonyl (C=O) groups excluding carboxylic acids is 1. The Morgan fingerprint density at radius 1 is 0.921 bits per heavy atom. The number of aromatic nitrogens is 1. The number of halogens is 1. The van der Waals surface area contributed by atoms with Crippen LogP contribution in [0.5, 0.6) is 0 Å². The van der Waals surface area contributed by atoms with Crippen LogP contribution in [-0.2, 0) is 14.3 Å². The van der Waals surface area contributed by atoms with Crippen molar-refractivity contribution in [1.29, 1.82) is 0 Å². The van der Waals surface area contributed by atoms with Crippen LogP contribution in [0.2, 0.25) is 5.02 Å². The number of ether oxygens (including phenoxy) is 1. The van der Waals surface area contributed by atoms with Gasteiger partial charge < -0.3 is 19.3 Å². The molecule has 1 N–H and O–H groups in total. The standard InChI is InChI=1S/C31H29ClN2O4/c32-22-10-11-26-25(18-22)31(24-8-3-6-21-5-1-2-7-23(21)24)38-28(27-9-4-14-34(26)27)19-29(35)33-15-12-20(13-16-33)17-30(36)37/h1-11,14,18,20,28,31H,12-13,15-17,19H2,(H,36,37)/t28-,31-/m0/s1. The maximum Gasteiger partial charge on any atom is 0.303 e. The average Bonchev–Trinajstić information content (AvgIpc) is 3.36. The summed E-state index contributed by atoms with van der Waals surface area (Å²) in [6, 6.07) is 24.3. The van der Waals surface area contributed by atoms with Crippen LogP contribution >= 0.6 is 11.6 Å². The third-order valence-corrected chi connectivity index (χ3v) is 8.07. The van der Waals surface area contributed by atoms with Crippen molar-refractivity contribution in [2.45, 2.75) is 37.9 Å². The van der Waals surface area contributed by atoms with Crippen molar-refractivity contribution >= 4 is 34.2 Å². The van der Waals surface area contributed by atoms with Gasteiger partial charge in [0.25, 0.3) is 0 Å². The van der Waals surface area contributed by atoms with Crippen molar-refractivity contribution in [3.8, 4) is 5.69 Å². The zero-order valence-electron chi connectivity index (χ0n) is 20.9. The summed E-state index contributed by atoms with van der Waals surface area (Å²) < 4.78 is 9.01. The van der Waals surface area contributed by atoms with Crippen LogP contribution in [0, 0.1) is 5.92 Å². The predicted molar refractivity (Wildman–Crippen MR) is 147 cm³/mol. The number of likely N-dealkylation sites (tertiary alicyclic amines) is 1. The first-order valence-electron chi connectivity index (χ1n) is 13.1. The molecule has 2 aliphatic rings. The molecular formula is C31H29ClN2O4. The maximum absolute atomic E-state index is 13.5. The largest absolute Gasteiger partial charge is 0.481 e. The third kappa shape index (κ3) is 4.70. The van der Waals surface area contributed by atoms with Crippen molar-refractivity contribution in [3.63, 3.8) is 0 Å². The summed E-state index contributed by atoms with van der Waals surface area (Å²) in [4.78, 5) is 26.5. The Morgan fingerprint density at radius 2 is 1.71 bits per heavy atom. The SMILES string of the molecule is O=C(O)CC1CCN(C(=O)C[C@@H]2O[C@@H](c3cccc4ccccc34)c3cc(Cl)ccc3-n3cccc32)CC1. The molecule has 0 bridgehead atoms. The zero-order valence-corrected chi connectivity index (χ0v) is 21.7. The van der Waals surface area contributed by atoms with Crippen LogP contribution in [-0.4, -0.2) is 39.5 Å². The number of rotatable bonds is 5. The van der Waals surface area contributed by atoms with Gasteiger partial charge in [-0.25, -0.2) is 0 Å². The number of carbonyl (C=O) groups is 2. The molecule has 1 fully saturated rings. The van der Waals surface area contributed by atoms with Crippen LogP contribution in [0.1, 0.15) is 54.7 Å². The highest BCUT2D eigenvalue weighted by molar-refractivity contribution is 6.30. The van der Waals surface area contributed by atoms with E-state index in [2.05, 4.69) is 28.8 Å². The molecule has 4 aromatic rings. The van der Waals surface area contributed by atoms with Crippen molar-refractivity contribution in [3.05, 3.63) is 101 Å². The van der Waals surface area contributed by atoms with E-state index in [1.54, 1.807) is 0 Å². The second-order valence-electron chi connectivity index (χ2n) is 10.2. The van der Waals surface area contributed by atoms with E-state index >= 15 is 0 Å². The number of hydrogen-bond donors (Lipinski definition) is 1. The fourth-order valence-corrected chi connectivity index (χ4v) is 6.11. The van der Waals surface area contributed by atoms with Crippen LogP contribution in [0.4, 0.5) is 0 Å². The molecule has 2 atom stereocenters. The number of benzene rings is 3. The molecule has 1 aromatic heterocycles. The van der Waals surface area contributed by atoms with E-state index in [-0.39, 0.29) is 24.7 Å². The fourth-order valence-electron chi connectivity index (χ4n) is 5.93. The van der Waals surface area contributed by atoms with Gasteiger partial charge in [-0.2, -0.15) is 0 Å². The lowest BCUT2D eigenvalue weighted by molar-refractivity contribution is -0.139. The summed E-state index contributed by atoms with van der Waals surface area (Å²) in [6.07, 6.45) is 2.90. The molecule has 194 valence electrons. The number of hydrogen-bond acceptors (Lipinski definition) is 3. The molecule has 2 aliphatic heterocycles. The normalized spacial score (nSPS) is 19.6. The van der Waals surface area contributed by atoms with Gasteiger partial charge in [0.05, 0.1) is 17.8 Å². The molecule has 0 radical (unpaired) electrons. The van der Waals surface area contributed by atoms with E-state index in [0.717, 1.165) is 33.3 Å². The van der Waals surface area contributed by atoms with E-state index in [0.29, 0.717) is 31.0 Å². The fraction of sp³-hybridized carbons (Fsp3) is 0.290. The van der Waals surface area contributed by atoms with E-state index in [1.807, 2.05) is 59.6 Å². The Labute approximate surface area is 226 Å². The van der Waals surface area contributed by atoms with Crippen molar-refractivity contribution < 1.29 is 19.4 Å². The van der Waals surface area contributed by atoms with Gasteiger partial charge >= 0.3 is 5.97 Å².